The molecular weight excluding hydrogens is 136 g/mol. The molecule has 1 nitrogen and oxygen atoms in total. The zero-order valence-corrected chi connectivity index (χ0v) is 7.76. The quantitative estimate of drug-likeness (QED) is 0.528. The van der Waals surface area contributed by atoms with Gasteiger partial charge in [0.2, 0.25) is 0 Å². The first-order valence-corrected chi connectivity index (χ1v) is 4.49. The van der Waals surface area contributed by atoms with Crippen molar-refractivity contribution in [1.29, 1.82) is 0 Å². The van der Waals surface area contributed by atoms with Crippen LogP contribution < -0.4 is 0 Å². The van der Waals surface area contributed by atoms with E-state index in [0.717, 1.165) is 12.8 Å². The predicted octanol–water partition coefficient (Wildman–Crippen LogP) is 2.77. The molecule has 0 aromatic heterocycles. The average Bonchev–Trinajstić information content (AvgIpc) is 1.99. The maximum Gasteiger partial charge on any atom is 0.0760 e. The molecule has 11 heavy (non-hydrogen) atoms. The van der Waals surface area contributed by atoms with Gasteiger partial charge in [-0.1, -0.05) is 20.4 Å². The molecule has 1 fully saturated rings. The van der Waals surface area contributed by atoms with Gasteiger partial charge < -0.3 is 4.74 Å². The summed E-state index contributed by atoms with van der Waals surface area (Å²) in [6.07, 6.45) is 3.01. The van der Waals surface area contributed by atoms with Crippen molar-refractivity contribution >= 4 is 0 Å². The first-order chi connectivity index (χ1) is 5.15. The zero-order valence-electron chi connectivity index (χ0n) is 7.76. The molecule has 3 atom stereocenters. The van der Waals surface area contributed by atoms with Crippen LogP contribution in [0.3, 0.4) is 0 Å². The molecule has 0 aliphatic carbocycles. The van der Waals surface area contributed by atoms with Crippen LogP contribution >= 0.6 is 0 Å². The number of ether oxygens (including phenoxy) is 1. The van der Waals surface area contributed by atoms with Gasteiger partial charge in [0.1, 0.15) is 0 Å². The van der Waals surface area contributed by atoms with E-state index in [1.54, 1.807) is 0 Å². The van der Waals surface area contributed by atoms with Crippen molar-refractivity contribution in [2.24, 2.45) is 5.92 Å². The van der Waals surface area contributed by atoms with Crippen LogP contribution in [0.5, 0.6) is 0 Å². The fraction of sp³-hybridized carbons (Fsp3) is 0.800. The summed E-state index contributed by atoms with van der Waals surface area (Å²) in [6.45, 7) is 10.5. The van der Waals surface area contributed by atoms with E-state index in [4.69, 9.17) is 4.74 Å². The highest BCUT2D eigenvalue weighted by Crippen LogP contribution is 2.29. The lowest BCUT2D eigenvalue weighted by molar-refractivity contribution is -0.0248. The first-order valence-electron chi connectivity index (χ1n) is 4.49. The highest BCUT2D eigenvalue weighted by Gasteiger charge is 2.25. The van der Waals surface area contributed by atoms with Gasteiger partial charge in [0, 0.05) is 0 Å². The van der Waals surface area contributed by atoms with Crippen molar-refractivity contribution in [3.05, 3.63) is 12.2 Å². The molecule has 0 bridgehead atoms. The maximum atomic E-state index is 5.72. The summed E-state index contributed by atoms with van der Waals surface area (Å²) in [4.78, 5) is 0. The Kier molecular flexibility index (Phi) is 2.72. The molecule has 0 N–H and O–H groups in total. The molecule has 0 aromatic rings. The molecule has 64 valence electrons. The summed E-state index contributed by atoms with van der Waals surface area (Å²) in [5, 5.41) is 0. The zero-order chi connectivity index (χ0) is 8.43. The van der Waals surface area contributed by atoms with Crippen molar-refractivity contribution < 1.29 is 4.74 Å². The van der Waals surface area contributed by atoms with Gasteiger partial charge in [-0.2, -0.15) is 0 Å². The molecule has 0 spiro atoms. The molecular formula is C10H18O. The third-order valence-electron chi connectivity index (χ3n) is 2.62. The van der Waals surface area contributed by atoms with Crippen LogP contribution in [-0.4, -0.2) is 12.2 Å². The van der Waals surface area contributed by atoms with Crippen molar-refractivity contribution in [3.63, 3.8) is 0 Å². The normalized spacial score (nSPS) is 39.2. The topological polar surface area (TPSA) is 9.23 Å². The minimum Gasteiger partial charge on any atom is -0.371 e. The summed E-state index contributed by atoms with van der Waals surface area (Å²) in [5.74, 6) is 0.642. The van der Waals surface area contributed by atoms with Gasteiger partial charge in [0.05, 0.1) is 12.2 Å². The molecule has 1 aliphatic rings. The summed E-state index contributed by atoms with van der Waals surface area (Å²) < 4.78 is 5.72. The Morgan fingerprint density at radius 1 is 1.55 bits per heavy atom. The van der Waals surface area contributed by atoms with E-state index >= 15 is 0 Å². The Bertz CT molecular complexity index is 137. The molecule has 2 unspecified atom stereocenters. The minimum absolute atomic E-state index is 0.267. The SMILES string of the molecule is C=C1C(C)OC(CC)C[C@H]1C. The van der Waals surface area contributed by atoms with E-state index < -0.39 is 0 Å². The van der Waals surface area contributed by atoms with Crippen molar-refractivity contribution in [2.45, 2.75) is 45.8 Å². The Morgan fingerprint density at radius 3 is 2.64 bits per heavy atom. The first kappa shape index (κ1) is 8.79. The van der Waals surface area contributed by atoms with Crippen LogP contribution in [0.2, 0.25) is 0 Å². The fourth-order valence-corrected chi connectivity index (χ4v) is 1.64. The van der Waals surface area contributed by atoms with Crippen LogP contribution in [0.15, 0.2) is 12.2 Å². The van der Waals surface area contributed by atoms with Gasteiger partial charge in [-0.3, -0.25) is 0 Å². The molecule has 0 radical (unpaired) electrons. The van der Waals surface area contributed by atoms with Gasteiger partial charge in [-0.15, -0.1) is 0 Å². The standard InChI is InChI=1S/C10H18O/c1-5-10-6-7(2)8(3)9(4)11-10/h7,9-10H,3,5-6H2,1-2,4H3/t7-,9?,10?/m1/s1. The monoisotopic (exact) mass is 154 g/mol. The summed E-state index contributed by atoms with van der Waals surface area (Å²) in [7, 11) is 0. The number of rotatable bonds is 1. The maximum absolute atomic E-state index is 5.72. The van der Waals surface area contributed by atoms with Crippen LogP contribution in [0.1, 0.15) is 33.6 Å². The van der Waals surface area contributed by atoms with Crippen molar-refractivity contribution in [3.8, 4) is 0 Å². The van der Waals surface area contributed by atoms with E-state index in [2.05, 4.69) is 27.4 Å². The lowest BCUT2D eigenvalue weighted by atomic mass is 9.89. The minimum atomic E-state index is 0.267. The Morgan fingerprint density at radius 2 is 2.18 bits per heavy atom. The summed E-state index contributed by atoms with van der Waals surface area (Å²) in [6, 6.07) is 0. The van der Waals surface area contributed by atoms with E-state index in [1.165, 1.54) is 5.57 Å². The highest BCUT2D eigenvalue weighted by molar-refractivity contribution is 5.08. The van der Waals surface area contributed by atoms with Crippen LogP contribution in [0.25, 0.3) is 0 Å². The molecule has 1 aliphatic heterocycles. The third kappa shape index (κ3) is 1.84. The fourth-order valence-electron chi connectivity index (χ4n) is 1.64. The van der Waals surface area contributed by atoms with Crippen LogP contribution in [0, 0.1) is 5.92 Å². The number of hydrogen-bond donors (Lipinski definition) is 0. The van der Waals surface area contributed by atoms with E-state index in [0.29, 0.717) is 12.0 Å². The molecule has 0 saturated carbocycles. The Balaban J connectivity index is 2.54. The predicted molar refractivity (Wildman–Crippen MR) is 47.5 cm³/mol. The lowest BCUT2D eigenvalue weighted by Gasteiger charge is -2.33. The van der Waals surface area contributed by atoms with E-state index in [1.807, 2.05) is 0 Å². The average molecular weight is 154 g/mol. The second-order valence-electron chi connectivity index (χ2n) is 3.52. The van der Waals surface area contributed by atoms with Crippen LogP contribution in [0.4, 0.5) is 0 Å². The second kappa shape index (κ2) is 3.40. The highest BCUT2D eigenvalue weighted by atomic mass is 16.5. The number of hydrogen-bond acceptors (Lipinski definition) is 1. The van der Waals surface area contributed by atoms with Crippen LogP contribution in [-0.2, 0) is 4.74 Å². The van der Waals surface area contributed by atoms with Gasteiger partial charge in [-0.05, 0) is 31.3 Å². The Hall–Kier alpha value is -0.300. The third-order valence-corrected chi connectivity index (χ3v) is 2.62. The molecule has 1 heteroatoms. The van der Waals surface area contributed by atoms with Gasteiger partial charge in [-0.25, -0.2) is 0 Å². The second-order valence-corrected chi connectivity index (χ2v) is 3.52. The molecule has 1 saturated heterocycles. The summed E-state index contributed by atoms with van der Waals surface area (Å²) in [5.41, 5.74) is 1.26. The molecule has 0 amide bonds. The van der Waals surface area contributed by atoms with Gasteiger partial charge >= 0.3 is 0 Å². The van der Waals surface area contributed by atoms with E-state index in [9.17, 15) is 0 Å². The molecule has 1 rings (SSSR count). The molecule has 1 heterocycles. The van der Waals surface area contributed by atoms with Crippen molar-refractivity contribution in [1.82, 2.24) is 0 Å². The molecule has 0 aromatic carbocycles. The van der Waals surface area contributed by atoms with Gasteiger partial charge in [0.25, 0.3) is 0 Å². The van der Waals surface area contributed by atoms with E-state index in [-0.39, 0.29) is 6.10 Å². The smallest absolute Gasteiger partial charge is 0.0760 e. The summed E-state index contributed by atoms with van der Waals surface area (Å²) >= 11 is 0. The van der Waals surface area contributed by atoms with Crippen molar-refractivity contribution in [2.75, 3.05) is 0 Å². The largest absolute Gasteiger partial charge is 0.371 e. The Labute approximate surface area is 69.4 Å². The van der Waals surface area contributed by atoms with Gasteiger partial charge in [0.15, 0.2) is 0 Å². The lowest BCUT2D eigenvalue weighted by Crippen LogP contribution is -2.31.